The zero-order valence-electron chi connectivity index (χ0n) is 14.9. The molecule has 24 heavy (non-hydrogen) atoms. The molecule has 128 valence electrons. The minimum atomic E-state index is -0.359. The predicted molar refractivity (Wildman–Crippen MR) is 96.4 cm³/mol. The lowest BCUT2D eigenvalue weighted by Gasteiger charge is -2.30. The van der Waals surface area contributed by atoms with Crippen LogP contribution in [0.3, 0.4) is 0 Å². The van der Waals surface area contributed by atoms with Crippen molar-refractivity contribution in [1.29, 1.82) is 0 Å². The topological polar surface area (TPSA) is 35.5 Å². The molecule has 0 aliphatic heterocycles. The van der Waals surface area contributed by atoms with Gasteiger partial charge in [-0.25, -0.2) is 0 Å². The van der Waals surface area contributed by atoms with Crippen molar-refractivity contribution in [2.75, 3.05) is 13.7 Å². The van der Waals surface area contributed by atoms with Gasteiger partial charge in [0.2, 0.25) is 0 Å². The summed E-state index contributed by atoms with van der Waals surface area (Å²) in [7, 11) is 1.66. The highest BCUT2D eigenvalue weighted by Gasteiger charge is 2.35. The summed E-state index contributed by atoms with van der Waals surface area (Å²) in [5.74, 6) is 0.482. The van der Waals surface area contributed by atoms with Gasteiger partial charge < -0.3 is 9.47 Å². The van der Waals surface area contributed by atoms with Crippen molar-refractivity contribution in [1.82, 2.24) is 0 Å². The first kappa shape index (κ1) is 18.1. The number of ether oxygens (including phenoxy) is 2. The number of methoxy groups -OCH3 is 1. The van der Waals surface area contributed by atoms with Crippen LogP contribution in [0.2, 0.25) is 0 Å². The lowest BCUT2D eigenvalue weighted by Crippen LogP contribution is -2.26. The molecule has 3 heteroatoms. The molecule has 2 unspecified atom stereocenters. The molecule has 3 nitrogen and oxygen atoms in total. The average Bonchev–Trinajstić information content (AvgIpc) is 2.60. The van der Waals surface area contributed by atoms with E-state index in [2.05, 4.69) is 13.8 Å². The quantitative estimate of drug-likeness (QED) is 0.687. The number of para-hydroxylation sites is 1. The van der Waals surface area contributed by atoms with Crippen molar-refractivity contribution in [3.8, 4) is 5.75 Å². The molecule has 0 radical (unpaired) electrons. The van der Waals surface area contributed by atoms with E-state index in [-0.39, 0.29) is 23.7 Å². The summed E-state index contributed by atoms with van der Waals surface area (Å²) in [5.41, 5.74) is 2.01. The van der Waals surface area contributed by atoms with Gasteiger partial charge in [-0.1, -0.05) is 62.4 Å². The van der Waals surface area contributed by atoms with Crippen molar-refractivity contribution in [3.05, 3.63) is 65.7 Å². The number of carbonyl (C=O) groups excluding carboxylic acids is 1. The second-order valence-corrected chi connectivity index (χ2v) is 6.15. The molecule has 2 aromatic carbocycles. The molecule has 0 heterocycles. The van der Waals surface area contributed by atoms with Gasteiger partial charge in [0.05, 0.1) is 19.6 Å². The lowest BCUT2D eigenvalue weighted by atomic mass is 9.74. The van der Waals surface area contributed by atoms with Gasteiger partial charge in [-0.2, -0.15) is 0 Å². The molecular weight excluding hydrogens is 300 g/mol. The number of hydrogen-bond acceptors (Lipinski definition) is 3. The highest BCUT2D eigenvalue weighted by molar-refractivity contribution is 5.80. The minimum absolute atomic E-state index is 0.0254. The van der Waals surface area contributed by atoms with E-state index in [1.807, 2.05) is 61.5 Å². The van der Waals surface area contributed by atoms with Crippen LogP contribution in [-0.4, -0.2) is 19.7 Å². The molecule has 0 saturated carbocycles. The summed E-state index contributed by atoms with van der Waals surface area (Å²) < 4.78 is 11.0. The third-order valence-corrected chi connectivity index (χ3v) is 4.27. The summed E-state index contributed by atoms with van der Waals surface area (Å²) >= 11 is 0. The summed E-state index contributed by atoms with van der Waals surface area (Å²) in [4.78, 5) is 12.8. The van der Waals surface area contributed by atoms with Gasteiger partial charge in [-0.3, -0.25) is 4.79 Å². The Morgan fingerprint density at radius 3 is 2.21 bits per heavy atom. The van der Waals surface area contributed by atoms with Crippen LogP contribution in [0.15, 0.2) is 54.6 Å². The van der Waals surface area contributed by atoms with Crippen LogP contribution in [0.1, 0.15) is 43.7 Å². The Bertz CT molecular complexity index is 649. The first-order chi connectivity index (χ1) is 11.6. The highest BCUT2D eigenvalue weighted by Crippen LogP contribution is 2.42. The molecule has 0 aliphatic carbocycles. The third kappa shape index (κ3) is 3.97. The fourth-order valence-electron chi connectivity index (χ4n) is 3.25. The standard InChI is InChI=1S/C21H26O3/c1-5-24-21(22)20(16-11-7-6-8-12-16)19(15(2)3)17-13-9-10-14-18(17)23-4/h6-15,19-20H,5H2,1-4H3. The van der Waals surface area contributed by atoms with Gasteiger partial charge in [0.1, 0.15) is 5.75 Å². The van der Waals surface area contributed by atoms with Crippen molar-refractivity contribution < 1.29 is 14.3 Å². The lowest BCUT2D eigenvalue weighted by molar-refractivity contribution is -0.146. The van der Waals surface area contributed by atoms with E-state index in [9.17, 15) is 4.79 Å². The van der Waals surface area contributed by atoms with E-state index >= 15 is 0 Å². The summed E-state index contributed by atoms with van der Waals surface area (Å²) in [6.45, 7) is 6.48. The molecule has 0 spiro atoms. The molecule has 0 bridgehead atoms. The average molecular weight is 326 g/mol. The fraction of sp³-hybridized carbons (Fsp3) is 0.381. The summed E-state index contributed by atoms with van der Waals surface area (Å²) in [6, 6.07) is 17.8. The number of rotatable bonds is 7. The molecule has 0 aliphatic rings. The van der Waals surface area contributed by atoms with Gasteiger partial charge in [0, 0.05) is 5.92 Å². The van der Waals surface area contributed by atoms with Crippen LogP contribution in [0, 0.1) is 5.92 Å². The number of carbonyl (C=O) groups is 1. The molecule has 2 atom stereocenters. The smallest absolute Gasteiger partial charge is 0.314 e. The zero-order valence-corrected chi connectivity index (χ0v) is 14.9. The van der Waals surface area contributed by atoms with Crippen LogP contribution >= 0.6 is 0 Å². The number of benzene rings is 2. The highest BCUT2D eigenvalue weighted by atomic mass is 16.5. The Morgan fingerprint density at radius 2 is 1.62 bits per heavy atom. The molecule has 0 saturated heterocycles. The second kappa shape index (κ2) is 8.53. The van der Waals surface area contributed by atoms with Crippen LogP contribution in [-0.2, 0) is 9.53 Å². The maximum Gasteiger partial charge on any atom is 0.314 e. The molecule has 2 aromatic rings. The molecule has 0 amide bonds. The minimum Gasteiger partial charge on any atom is -0.496 e. The Labute approximate surface area is 144 Å². The SMILES string of the molecule is CCOC(=O)C(c1ccccc1)C(c1ccccc1OC)C(C)C. The number of hydrogen-bond donors (Lipinski definition) is 0. The van der Waals surface area contributed by atoms with Crippen LogP contribution in [0.4, 0.5) is 0 Å². The maximum absolute atomic E-state index is 12.8. The van der Waals surface area contributed by atoms with Crippen LogP contribution < -0.4 is 4.74 Å². The molecule has 2 rings (SSSR count). The number of esters is 1. The van der Waals surface area contributed by atoms with Crippen molar-refractivity contribution in [3.63, 3.8) is 0 Å². The van der Waals surface area contributed by atoms with E-state index < -0.39 is 0 Å². The Hall–Kier alpha value is -2.29. The van der Waals surface area contributed by atoms with Crippen molar-refractivity contribution in [2.45, 2.75) is 32.6 Å². The van der Waals surface area contributed by atoms with E-state index in [0.717, 1.165) is 16.9 Å². The van der Waals surface area contributed by atoms with Crippen LogP contribution in [0.25, 0.3) is 0 Å². The molecule has 0 aromatic heterocycles. The van der Waals surface area contributed by atoms with Gasteiger partial charge in [-0.05, 0) is 30.0 Å². The maximum atomic E-state index is 12.8. The Morgan fingerprint density at radius 1 is 1.00 bits per heavy atom. The van der Waals surface area contributed by atoms with E-state index in [1.54, 1.807) is 7.11 Å². The summed E-state index contributed by atoms with van der Waals surface area (Å²) in [6.07, 6.45) is 0. The van der Waals surface area contributed by atoms with Gasteiger partial charge in [0.15, 0.2) is 0 Å². The van der Waals surface area contributed by atoms with E-state index in [0.29, 0.717) is 6.61 Å². The first-order valence-corrected chi connectivity index (χ1v) is 8.44. The van der Waals surface area contributed by atoms with Crippen LogP contribution in [0.5, 0.6) is 5.75 Å². The molecule has 0 N–H and O–H groups in total. The first-order valence-electron chi connectivity index (χ1n) is 8.44. The molecular formula is C21H26O3. The zero-order chi connectivity index (χ0) is 17.5. The summed E-state index contributed by atoms with van der Waals surface area (Å²) in [5, 5.41) is 0. The third-order valence-electron chi connectivity index (χ3n) is 4.27. The van der Waals surface area contributed by atoms with Gasteiger partial charge in [-0.15, -0.1) is 0 Å². The molecule has 0 fully saturated rings. The normalized spacial score (nSPS) is 13.4. The second-order valence-electron chi connectivity index (χ2n) is 6.15. The van der Waals surface area contributed by atoms with Crippen molar-refractivity contribution >= 4 is 5.97 Å². The van der Waals surface area contributed by atoms with E-state index in [4.69, 9.17) is 9.47 Å². The largest absolute Gasteiger partial charge is 0.496 e. The Balaban J connectivity index is 2.56. The monoisotopic (exact) mass is 326 g/mol. The van der Waals surface area contributed by atoms with Gasteiger partial charge in [0.25, 0.3) is 0 Å². The van der Waals surface area contributed by atoms with Crippen molar-refractivity contribution in [2.24, 2.45) is 5.92 Å². The Kier molecular flexibility index (Phi) is 6.42. The fourth-order valence-corrected chi connectivity index (χ4v) is 3.25. The predicted octanol–water partition coefficient (Wildman–Crippen LogP) is 4.78. The van der Waals surface area contributed by atoms with Gasteiger partial charge >= 0.3 is 5.97 Å². The van der Waals surface area contributed by atoms with E-state index in [1.165, 1.54) is 0 Å².